The summed E-state index contributed by atoms with van der Waals surface area (Å²) in [5.74, 6) is -0.203. The number of cyclic esters (lactones) is 1. The summed E-state index contributed by atoms with van der Waals surface area (Å²) in [5, 5.41) is 2.77. The second-order valence-corrected chi connectivity index (χ2v) is 5.23. The van der Waals surface area contributed by atoms with Crippen LogP contribution < -0.4 is 5.32 Å². The van der Waals surface area contributed by atoms with Gasteiger partial charge in [-0.3, -0.25) is 9.78 Å². The van der Waals surface area contributed by atoms with Crippen LogP contribution in [-0.4, -0.2) is 41.5 Å². The first kappa shape index (κ1) is 15.0. The van der Waals surface area contributed by atoms with Crippen molar-refractivity contribution >= 4 is 12.0 Å². The number of nitrogens with zero attached hydrogens (tertiary/aromatic N) is 2. The van der Waals surface area contributed by atoms with E-state index in [4.69, 9.17) is 4.74 Å². The predicted octanol–water partition coefficient (Wildman–Crippen LogP) is 2.00. The molecule has 0 aliphatic carbocycles. The van der Waals surface area contributed by atoms with Gasteiger partial charge in [-0.2, -0.15) is 0 Å². The Balaban J connectivity index is 1.49. The quantitative estimate of drug-likeness (QED) is 0.917. The van der Waals surface area contributed by atoms with Crippen molar-refractivity contribution in [1.82, 2.24) is 15.2 Å². The smallest absolute Gasteiger partial charge is 0.410 e. The van der Waals surface area contributed by atoms with Crippen LogP contribution in [0.2, 0.25) is 0 Å². The van der Waals surface area contributed by atoms with E-state index in [9.17, 15) is 9.59 Å². The van der Waals surface area contributed by atoms with Gasteiger partial charge < -0.3 is 15.0 Å². The Hall–Kier alpha value is -2.89. The van der Waals surface area contributed by atoms with Crippen LogP contribution in [0.15, 0.2) is 54.9 Å². The van der Waals surface area contributed by atoms with E-state index in [2.05, 4.69) is 10.3 Å². The number of rotatable bonds is 5. The van der Waals surface area contributed by atoms with Gasteiger partial charge in [-0.05, 0) is 17.7 Å². The van der Waals surface area contributed by atoms with Crippen molar-refractivity contribution in [2.45, 2.75) is 6.10 Å². The first-order valence-electron chi connectivity index (χ1n) is 7.43. The zero-order valence-corrected chi connectivity index (χ0v) is 12.5. The van der Waals surface area contributed by atoms with Crippen LogP contribution in [0.3, 0.4) is 0 Å². The Morgan fingerprint density at radius 3 is 2.83 bits per heavy atom. The number of carbonyl (C=O) groups excluding carboxylic acids is 2. The van der Waals surface area contributed by atoms with E-state index >= 15 is 0 Å². The minimum absolute atomic E-state index is 0.203. The molecule has 23 heavy (non-hydrogen) atoms. The molecule has 118 valence electrons. The Morgan fingerprint density at radius 1 is 1.26 bits per heavy atom. The first-order valence-corrected chi connectivity index (χ1v) is 7.43. The van der Waals surface area contributed by atoms with Crippen molar-refractivity contribution in [2.75, 3.05) is 19.6 Å². The van der Waals surface area contributed by atoms with Crippen LogP contribution in [0.25, 0.3) is 0 Å². The third kappa shape index (κ3) is 3.66. The molecule has 1 atom stereocenters. The van der Waals surface area contributed by atoms with Crippen molar-refractivity contribution in [3.8, 4) is 0 Å². The number of pyridine rings is 1. The Labute approximate surface area is 134 Å². The monoisotopic (exact) mass is 311 g/mol. The van der Waals surface area contributed by atoms with Crippen molar-refractivity contribution in [3.05, 3.63) is 66.0 Å². The van der Waals surface area contributed by atoms with Gasteiger partial charge in [0.2, 0.25) is 0 Å². The maximum absolute atomic E-state index is 11.9. The zero-order valence-electron chi connectivity index (χ0n) is 12.5. The molecule has 3 rings (SSSR count). The molecule has 1 aromatic carbocycles. The highest BCUT2D eigenvalue weighted by atomic mass is 16.6. The van der Waals surface area contributed by atoms with Gasteiger partial charge in [0.1, 0.15) is 6.10 Å². The molecule has 0 saturated carbocycles. The maximum atomic E-state index is 11.9. The van der Waals surface area contributed by atoms with Gasteiger partial charge in [0.15, 0.2) is 0 Å². The molecule has 2 heterocycles. The maximum Gasteiger partial charge on any atom is 0.410 e. The first-order chi connectivity index (χ1) is 11.2. The molecule has 1 unspecified atom stereocenters. The molecule has 0 spiro atoms. The number of aromatic nitrogens is 1. The van der Waals surface area contributed by atoms with E-state index in [-0.39, 0.29) is 18.1 Å². The van der Waals surface area contributed by atoms with Crippen LogP contribution in [0.5, 0.6) is 0 Å². The van der Waals surface area contributed by atoms with Crippen LogP contribution in [0.4, 0.5) is 4.79 Å². The van der Waals surface area contributed by atoms with Gasteiger partial charge in [0, 0.05) is 25.5 Å². The number of carbonyl (C=O) groups is 2. The lowest BCUT2D eigenvalue weighted by Crippen LogP contribution is -2.35. The SMILES string of the molecule is O=C(NCCN1CC(c2ccccc2)OC1=O)c1cccnc1. The summed E-state index contributed by atoms with van der Waals surface area (Å²) in [6.07, 6.45) is 2.51. The highest BCUT2D eigenvalue weighted by Crippen LogP contribution is 2.25. The summed E-state index contributed by atoms with van der Waals surface area (Å²) in [5.41, 5.74) is 1.47. The highest BCUT2D eigenvalue weighted by molar-refractivity contribution is 5.93. The summed E-state index contributed by atoms with van der Waals surface area (Å²) in [6, 6.07) is 13.0. The number of ether oxygens (including phenoxy) is 1. The van der Waals surface area contributed by atoms with Gasteiger partial charge in [0.25, 0.3) is 5.91 Å². The molecule has 0 radical (unpaired) electrons. The lowest BCUT2D eigenvalue weighted by molar-refractivity contribution is 0.0948. The van der Waals surface area contributed by atoms with E-state index in [0.29, 0.717) is 25.2 Å². The van der Waals surface area contributed by atoms with Gasteiger partial charge in [-0.25, -0.2) is 4.79 Å². The number of hydrogen-bond acceptors (Lipinski definition) is 4. The standard InChI is InChI=1S/C17H17N3O3/c21-16(14-7-4-8-18-11-14)19-9-10-20-12-15(23-17(20)22)13-5-2-1-3-6-13/h1-8,11,15H,9-10,12H2,(H,19,21). The Morgan fingerprint density at radius 2 is 2.09 bits per heavy atom. The fourth-order valence-corrected chi connectivity index (χ4v) is 2.44. The summed E-state index contributed by atoms with van der Waals surface area (Å²) in [4.78, 5) is 29.3. The molecule has 6 nitrogen and oxygen atoms in total. The summed E-state index contributed by atoms with van der Waals surface area (Å²) >= 11 is 0. The number of hydrogen-bond donors (Lipinski definition) is 1. The third-order valence-corrected chi connectivity index (χ3v) is 3.65. The molecule has 1 N–H and O–H groups in total. The van der Waals surface area contributed by atoms with Crippen LogP contribution in [0.1, 0.15) is 22.0 Å². The summed E-state index contributed by atoms with van der Waals surface area (Å²) in [6.45, 7) is 1.27. The van der Waals surface area contributed by atoms with Gasteiger partial charge in [0.05, 0.1) is 12.1 Å². The molecule has 6 heteroatoms. The molecule has 1 fully saturated rings. The average molecular weight is 311 g/mol. The van der Waals surface area contributed by atoms with Crippen molar-refractivity contribution in [3.63, 3.8) is 0 Å². The number of nitrogens with one attached hydrogen (secondary N) is 1. The summed E-state index contributed by atoms with van der Waals surface area (Å²) < 4.78 is 5.37. The van der Waals surface area contributed by atoms with E-state index < -0.39 is 0 Å². The molecule has 2 aromatic rings. The van der Waals surface area contributed by atoms with Crippen molar-refractivity contribution in [2.24, 2.45) is 0 Å². The van der Waals surface area contributed by atoms with Crippen LogP contribution >= 0.6 is 0 Å². The summed E-state index contributed by atoms with van der Waals surface area (Å²) in [7, 11) is 0. The largest absolute Gasteiger partial charge is 0.439 e. The van der Waals surface area contributed by atoms with Crippen LogP contribution in [0, 0.1) is 0 Å². The van der Waals surface area contributed by atoms with Crippen molar-refractivity contribution in [1.29, 1.82) is 0 Å². The normalized spacial score (nSPS) is 17.0. The van der Waals surface area contributed by atoms with E-state index in [0.717, 1.165) is 5.56 Å². The van der Waals surface area contributed by atoms with E-state index in [1.165, 1.54) is 6.20 Å². The minimum atomic E-state index is -0.352. The molecular weight excluding hydrogens is 294 g/mol. The van der Waals surface area contributed by atoms with Gasteiger partial charge in [-0.1, -0.05) is 30.3 Å². The number of amides is 2. The lowest BCUT2D eigenvalue weighted by Gasteiger charge is -2.13. The minimum Gasteiger partial charge on any atom is -0.439 e. The Kier molecular flexibility index (Phi) is 4.52. The van der Waals surface area contributed by atoms with Gasteiger partial charge >= 0.3 is 6.09 Å². The average Bonchev–Trinajstić information content (AvgIpc) is 2.97. The molecule has 1 saturated heterocycles. The zero-order chi connectivity index (χ0) is 16.1. The topological polar surface area (TPSA) is 71.5 Å². The fourth-order valence-electron chi connectivity index (χ4n) is 2.44. The molecule has 1 aromatic heterocycles. The second-order valence-electron chi connectivity index (χ2n) is 5.23. The van der Waals surface area contributed by atoms with E-state index in [1.807, 2.05) is 30.3 Å². The van der Waals surface area contributed by atoms with Gasteiger partial charge in [-0.15, -0.1) is 0 Å². The van der Waals surface area contributed by atoms with Crippen molar-refractivity contribution < 1.29 is 14.3 Å². The molecule has 1 aliphatic heterocycles. The molecule has 0 bridgehead atoms. The predicted molar refractivity (Wildman–Crippen MR) is 83.8 cm³/mol. The van der Waals surface area contributed by atoms with Crippen LogP contribution in [-0.2, 0) is 4.74 Å². The Bertz CT molecular complexity index is 676. The lowest BCUT2D eigenvalue weighted by atomic mass is 10.1. The third-order valence-electron chi connectivity index (χ3n) is 3.65. The fraction of sp³-hybridized carbons (Fsp3) is 0.235. The number of benzene rings is 1. The highest BCUT2D eigenvalue weighted by Gasteiger charge is 2.31. The van der Waals surface area contributed by atoms with E-state index in [1.54, 1.807) is 23.2 Å². The molecule has 2 amide bonds. The molecule has 1 aliphatic rings. The second kappa shape index (κ2) is 6.91. The molecular formula is C17H17N3O3.